The molecule has 0 aromatic heterocycles. The predicted octanol–water partition coefficient (Wildman–Crippen LogP) is -2.02. The SMILES string of the molecule is CC(=O)N[C@@H]1[C@@H](O)[C@H](C)[C@@H](CO)O[C@H]1C.COCCOCCOCCOCCOCCOCCOCCOCCOCCOCCOCCOCCNC(=O)CCN1C(=O)CC(SCCC(=O)N[C@@H]2[C@@H](O)[C@H](C)[C@@H](CO)O[C@H]2C)C1=O.C[C@H]1[C@H](O)[C@@H](NCl)[C@H](C)O[C@@H]1CO. The average molecular weight is 1400 g/mol. The van der Waals surface area contributed by atoms with Gasteiger partial charge in [-0.2, -0.15) is 0 Å². The second kappa shape index (κ2) is 54.2. The summed E-state index contributed by atoms with van der Waals surface area (Å²) in [4.78, 5) is 64.7. The summed E-state index contributed by atoms with van der Waals surface area (Å²) >= 11 is 6.69. The van der Waals surface area contributed by atoms with Crippen molar-refractivity contribution in [1.82, 2.24) is 25.7 Å². The summed E-state index contributed by atoms with van der Waals surface area (Å²) in [5.74, 6) is -1.91. The van der Waals surface area contributed by atoms with Gasteiger partial charge in [-0.05, 0) is 32.5 Å². The Bertz CT molecular complexity index is 1980. The van der Waals surface area contributed by atoms with E-state index in [9.17, 15) is 44.4 Å². The Balaban J connectivity index is 0.000000869. The number of imide groups is 1. The van der Waals surface area contributed by atoms with Gasteiger partial charge in [0.1, 0.15) is 0 Å². The van der Waals surface area contributed by atoms with Crippen LogP contribution in [0.2, 0.25) is 0 Å². The molecule has 0 aromatic carbocycles. The van der Waals surface area contributed by atoms with Gasteiger partial charge in [0.25, 0.3) is 0 Å². The zero-order chi connectivity index (χ0) is 69.5. The van der Waals surface area contributed by atoms with E-state index in [0.29, 0.717) is 151 Å². The Morgan fingerprint density at radius 3 is 1.17 bits per heavy atom. The first kappa shape index (κ1) is 87.4. The largest absolute Gasteiger partial charge is 0.394 e. The first-order chi connectivity index (χ1) is 45.3. The zero-order valence-electron chi connectivity index (χ0n) is 56.4. The minimum atomic E-state index is -0.878. The Kier molecular flexibility index (Phi) is 50.4. The molecule has 0 spiro atoms. The van der Waals surface area contributed by atoms with Crippen LogP contribution in [0.15, 0.2) is 0 Å². The number of methoxy groups -OCH3 is 1. The number of ether oxygens (including phenoxy) is 15. The number of likely N-dealkylation sites (tertiary alicyclic amines) is 1. The van der Waals surface area contributed by atoms with Crippen molar-refractivity contribution in [2.75, 3.05) is 198 Å². The molecule has 4 saturated heterocycles. The summed E-state index contributed by atoms with van der Waals surface area (Å²) in [5.41, 5.74) is 0. The van der Waals surface area contributed by atoms with Crippen molar-refractivity contribution < 1.29 is 126 Å². The molecule has 0 bridgehead atoms. The molecule has 4 aliphatic rings. The Labute approximate surface area is 563 Å². The van der Waals surface area contributed by atoms with Gasteiger partial charge in [-0.3, -0.25) is 28.9 Å². The first-order valence-electron chi connectivity index (χ1n) is 32.6. The summed E-state index contributed by atoms with van der Waals surface area (Å²) in [6.45, 7) is 22.6. The van der Waals surface area contributed by atoms with Crippen LogP contribution in [-0.4, -0.2) is 341 Å². The maximum absolute atomic E-state index is 12.8. The van der Waals surface area contributed by atoms with Crippen molar-refractivity contribution >= 4 is 53.1 Å². The number of aliphatic hydroxyl groups is 6. The quantitative estimate of drug-likeness (QED) is 0.0178. The molecule has 4 fully saturated rings. The number of rotatable bonds is 49. The highest BCUT2D eigenvalue weighted by molar-refractivity contribution is 8.00. The standard InChI is InChI=1S/C43H79N3O19S.C10H19NO4.C8H16ClNO3/c1-34-36(33-47)65-35(2)41(42(34)51)45-39(49)5-31-66-37-32-40(50)46(43(37)52)7-4-38(48)44-6-8-54-11-12-56-15-16-58-19-20-60-23-24-62-27-28-64-30-29-63-26-25-61-22-21-59-18-17-57-14-13-55-10-9-53-3;1-5-8(4-12)15-6(2)9(10(5)14)11-7(3)13;1-4-6(3-11)13-5(2)7(10-9)8(4)12/h34-37,41-42,47,51H,4-33H2,1-3H3,(H,44,48)(H,45,49);5-6,8-10,12,14H,4H2,1-3H3,(H,11,13);4-8,10-12H,3H2,1-2H3/t34-,35+,36-,37?,41+,42+;5-,6+,8-,9+,10+;4-,5+,6-,7+,8+/m111/s1. The fourth-order valence-electron chi connectivity index (χ4n) is 9.93. The van der Waals surface area contributed by atoms with Crippen molar-refractivity contribution in [2.45, 2.75) is 146 Å². The Morgan fingerprint density at radius 1 is 0.500 bits per heavy atom. The number of carbonyl (C=O) groups is 5. The van der Waals surface area contributed by atoms with Crippen LogP contribution in [0.5, 0.6) is 0 Å². The van der Waals surface area contributed by atoms with Crippen LogP contribution in [-0.2, 0) is 95.0 Å². The zero-order valence-corrected chi connectivity index (χ0v) is 58.0. The molecular weight excluding hydrogens is 1290 g/mol. The van der Waals surface area contributed by atoms with Gasteiger partial charge >= 0.3 is 0 Å². The molecule has 31 nitrogen and oxygen atoms in total. The third kappa shape index (κ3) is 36.4. The maximum atomic E-state index is 12.8. The Hall–Kier alpha value is -2.69. The molecule has 0 saturated carbocycles. The molecule has 1 unspecified atom stereocenters. The molecule has 4 aliphatic heterocycles. The molecule has 0 aliphatic carbocycles. The lowest BCUT2D eigenvalue weighted by Gasteiger charge is -2.42. The molecule has 94 heavy (non-hydrogen) atoms. The highest BCUT2D eigenvalue weighted by atomic mass is 35.5. The van der Waals surface area contributed by atoms with Crippen LogP contribution in [0.25, 0.3) is 0 Å². The molecule has 5 amide bonds. The number of nitrogens with one attached hydrogen (secondary N) is 4. The van der Waals surface area contributed by atoms with E-state index in [2.05, 4.69) is 20.8 Å². The van der Waals surface area contributed by atoms with Gasteiger partial charge in [0, 0.05) is 69.9 Å². The van der Waals surface area contributed by atoms with Crippen molar-refractivity contribution in [3.63, 3.8) is 0 Å². The topological polar surface area (TPSA) is 397 Å². The second-order valence-electron chi connectivity index (χ2n) is 22.7. The van der Waals surface area contributed by atoms with Crippen LogP contribution in [0.1, 0.15) is 67.7 Å². The summed E-state index contributed by atoms with van der Waals surface area (Å²) in [7, 11) is 1.64. The molecule has 16 atom stereocenters. The molecule has 33 heteroatoms. The van der Waals surface area contributed by atoms with Gasteiger partial charge in [0.15, 0.2) is 0 Å². The van der Waals surface area contributed by atoms with E-state index in [0.717, 1.165) is 4.90 Å². The highest BCUT2D eigenvalue weighted by Gasteiger charge is 2.44. The lowest BCUT2D eigenvalue weighted by atomic mass is 9.87. The number of nitrogens with zero attached hydrogens (tertiary/aromatic N) is 1. The van der Waals surface area contributed by atoms with Gasteiger partial charge in [0.05, 0.1) is 250 Å². The molecular formula is C61H114ClN5O26S. The van der Waals surface area contributed by atoms with Crippen molar-refractivity contribution in [3.8, 4) is 0 Å². The summed E-state index contributed by atoms with van der Waals surface area (Å²) in [6, 6.07) is -1.31. The average Bonchev–Trinajstić information content (AvgIpc) is 1.05. The number of hydrogen-bond acceptors (Lipinski definition) is 28. The van der Waals surface area contributed by atoms with Crippen LogP contribution in [0.3, 0.4) is 0 Å². The summed E-state index contributed by atoms with van der Waals surface area (Å²) < 4.78 is 81.6. The fourth-order valence-corrected chi connectivity index (χ4v) is 11.4. The van der Waals surface area contributed by atoms with Gasteiger partial charge in [-0.25, -0.2) is 4.84 Å². The first-order valence-corrected chi connectivity index (χ1v) is 34.0. The van der Waals surface area contributed by atoms with Crippen molar-refractivity contribution in [2.24, 2.45) is 17.8 Å². The summed E-state index contributed by atoms with van der Waals surface area (Å²) in [5, 5.41) is 65.3. The van der Waals surface area contributed by atoms with E-state index in [4.69, 9.17) is 93.0 Å². The molecule has 4 heterocycles. The highest BCUT2D eigenvalue weighted by Crippen LogP contribution is 2.29. The minimum Gasteiger partial charge on any atom is -0.394 e. The van der Waals surface area contributed by atoms with Crippen LogP contribution in [0.4, 0.5) is 0 Å². The number of halogens is 1. The van der Waals surface area contributed by atoms with Crippen LogP contribution < -0.4 is 20.8 Å². The van der Waals surface area contributed by atoms with Gasteiger partial charge < -0.3 is 118 Å². The normalized spacial score (nSPS) is 27.7. The molecule has 0 aromatic rings. The number of aliphatic hydroxyl groups excluding tert-OH is 6. The van der Waals surface area contributed by atoms with E-state index in [-0.39, 0.29) is 137 Å². The van der Waals surface area contributed by atoms with Gasteiger partial charge in [-0.15, -0.1) is 11.8 Å². The third-order valence-electron chi connectivity index (χ3n) is 15.7. The third-order valence-corrected chi connectivity index (χ3v) is 17.1. The van der Waals surface area contributed by atoms with Crippen molar-refractivity contribution in [1.29, 1.82) is 0 Å². The van der Waals surface area contributed by atoms with Crippen LogP contribution >= 0.6 is 23.5 Å². The molecule has 552 valence electrons. The fraction of sp³-hybridized carbons (Fsp3) is 0.918. The van der Waals surface area contributed by atoms with Gasteiger partial charge in [0.2, 0.25) is 29.5 Å². The van der Waals surface area contributed by atoms with E-state index in [1.807, 2.05) is 13.8 Å². The van der Waals surface area contributed by atoms with Crippen LogP contribution in [0, 0.1) is 17.8 Å². The van der Waals surface area contributed by atoms with E-state index >= 15 is 0 Å². The molecule has 0 radical (unpaired) electrons. The van der Waals surface area contributed by atoms with Crippen molar-refractivity contribution in [3.05, 3.63) is 0 Å². The second-order valence-corrected chi connectivity index (χ2v) is 24.2. The van der Waals surface area contributed by atoms with E-state index < -0.39 is 47.9 Å². The number of thioether (sulfide) groups is 1. The van der Waals surface area contributed by atoms with Gasteiger partial charge in [-0.1, -0.05) is 20.8 Å². The summed E-state index contributed by atoms with van der Waals surface area (Å²) in [6.07, 6.45) is -4.24. The lowest BCUT2D eigenvalue weighted by molar-refractivity contribution is -0.161. The molecule has 4 rings (SSSR count). The molecule has 10 N–H and O–H groups in total. The predicted molar refractivity (Wildman–Crippen MR) is 343 cm³/mol. The maximum Gasteiger partial charge on any atom is 0.242 e. The number of carbonyl (C=O) groups excluding carboxylic acids is 5. The van der Waals surface area contributed by atoms with E-state index in [1.54, 1.807) is 34.8 Å². The number of amides is 5. The minimum absolute atomic E-state index is 0.00553. The number of hydrogen-bond donors (Lipinski definition) is 10. The monoisotopic (exact) mass is 1400 g/mol. The smallest absolute Gasteiger partial charge is 0.242 e. The Morgan fingerprint density at radius 2 is 0.830 bits per heavy atom. The van der Waals surface area contributed by atoms with E-state index in [1.165, 1.54) is 18.7 Å². The lowest BCUT2D eigenvalue weighted by Crippen LogP contribution is -2.60.